The third-order valence-corrected chi connectivity index (χ3v) is 6.32. The van der Waals surface area contributed by atoms with Crippen molar-refractivity contribution >= 4 is 33.8 Å². The first kappa shape index (κ1) is 20.9. The minimum Gasteiger partial charge on any atom is -0.480 e. The fourth-order valence-corrected chi connectivity index (χ4v) is 4.54. The third-order valence-electron chi connectivity index (χ3n) is 6.32. The number of nitrogens with zero attached hydrogens (tertiary/aromatic N) is 1. The fraction of sp³-hybridized carbons (Fsp3) is 0.240. The lowest BCUT2D eigenvalue weighted by Gasteiger charge is -2.21. The predicted molar refractivity (Wildman–Crippen MR) is 118 cm³/mol. The van der Waals surface area contributed by atoms with Crippen molar-refractivity contribution in [3.63, 3.8) is 0 Å². The molecule has 1 saturated heterocycles. The number of carbonyl (C=O) groups excluding carboxylic acids is 1. The van der Waals surface area contributed by atoms with Crippen LogP contribution in [0.5, 0.6) is 0 Å². The molecule has 1 aliphatic heterocycles. The Morgan fingerprint density at radius 1 is 1.15 bits per heavy atom. The zero-order chi connectivity index (χ0) is 23.3. The van der Waals surface area contributed by atoms with Crippen molar-refractivity contribution < 1.29 is 27.9 Å². The van der Waals surface area contributed by atoms with E-state index in [2.05, 4.69) is 0 Å². The number of carboxylic acids is 1. The van der Waals surface area contributed by atoms with Gasteiger partial charge in [0.1, 0.15) is 23.0 Å². The van der Waals surface area contributed by atoms with Crippen LogP contribution in [-0.2, 0) is 16.0 Å². The van der Waals surface area contributed by atoms with Crippen molar-refractivity contribution in [3.05, 3.63) is 70.0 Å². The highest BCUT2D eigenvalue weighted by Gasteiger charge is 2.34. The van der Waals surface area contributed by atoms with Gasteiger partial charge in [0.25, 0.3) is 0 Å². The van der Waals surface area contributed by atoms with Gasteiger partial charge in [0, 0.05) is 28.9 Å². The number of rotatable bonds is 4. The van der Waals surface area contributed by atoms with Gasteiger partial charge in [-0.1, -0.05) is 12.1 Å². The van der Waals surface area contributed by atoms with Gasteiger partial charge in [0.2, 0.25) is 5.91 Å². The molecule has 168 valence electrons. The van der Waals surface area contributed by atoms with E-state index in [1.54, 1.807) is 31.4 Å². The first-order valence-corrected chi connectivity index (χ1v) is 10.6. The van der Waals surface area contributed by atoms with Crippen LogP contribution in [0.3, 0.4) is 0 Å². The molecular weight excluding hydrogens is 429 g/mol. The van der Waals surface area contributed by atoms with Crippen LogP contribution in [-0.4, -0.2) is 34.5 Å². The molecule has 2 aromatic carbocycles. The number of likely N-dealkylation sites (tertiary alicyclic amines) is 1. The summed E-state index contributed by atoms with van der Waals surface area (Å²) >= 11 is 0. The zero-order valence-corrected chi connectivity index (χ0v) is 17.8. The Morgan fingerprint density at radius 2 is 1.91 bits per heavy atom. The normalized spacial score (nSPS) is 16.1. The Morgan fingerprint density at radius 3 is 2.64 bits per heavy atom. The van der Waals surface area contributed by atoms with Crippen molar-refractivity contribution in [2.24, 2.45) is 0 Å². The van der Waals surface area contributed by atoms with Gasteiger partial charge in [-0.3, -0.25) is 4.79 Å². The highest BCUT2D eigenvalue weighted by atomic mass is 19.1. The van der Waals surface area contributed by atoms with Gasteiger partial charge >= 0.3 is 11.6 Å². The molecule has 2 aromatic heterocycles. The molecular formula is C25H20FNO6. The maximum Gasteiger partial charge on any atom is 0.340 e. The number of aryl methyl sites for hydroxylation is 1. The summed E-state index contributed by atoms with van der Waals surface area (Å²) in [7, 11) is 0. The molecule has 0 radical (unpaired) electrons. The average molecular weight is 449 g/mol. The van der Waals surface area contributed by atoms with E-state index in [0.717, 1.165) is 16.5 Å². The second kappa shape index (κ2) is 7.88. The monoisotopic (exact) mass is 449 g/mol. The molecule has 8 heteroatoms. The molecule has 0 saturated carbocycles. The van der Waals surface area contributed by atoms with Gasteiger partial charge in [0.05, 0.1) is 18.2 Å². The minimum atomic E-state index is -1.04. The van der Waals surface area contributed by atoms with Crippen molar-refractivity contribution in [1.29, 1.82) is 0 Å². The van der Waals surface area contributed by atoms with Crippen LogP contribution >= 0.6 is 0 Å². The molecule has 1 fully saturated rings. The molecule has 0 aliphatic carbocycles. The molecule has 3 heterocycles. The standard InChI is InChI=1S/C25H20FNO6/c1-13-16-9-18-19(14-4-6-15(26)7-5-14)12-32-21(18)11-22(16)33-25(31)17(13)10-23(28)27-8-2-3-20(27)24(29)30/h4-7,9,11-12,20H,2-3,8,10H2,1H3,(H,29,30). The van der Waals surface area contributed by atoms with Gasteiger partial charge in [-0.05, 0) is 49.1 Å². The van der Waals surface area contributed by atoms with Gasteiger partial charge in [-0.2, -0.15) is 0 Å². The van der Waals surface area contributed by atoms with E-state index in [1.165, 1.54) is 17.0 Å². The van der Waals surface area contributed by atoms with Crippen LogP contribution in [0.4, 0.5) is 4.39 Å². The quantitative estimate of drug-likeness (QED) is 0.467. The smallest absolute Gasteiger partial charge is 0.340 e. The maximum absolute atomic E-state index is 13.3. The number of amides is 1. The van der Waals surface area contributed by atoms with E-state index in [-0.39, 0.29) is 17.8 Å². The number of halogens is 1. The molecule has 1 unspecified atom stereocenters. The molecule has 1 aliphatic rings. The van der Waals surface area contributed by atoms with Crippen LogP contribution < -0.4 is 5.63 Å². The second-order valence-electron chi connectivity index (χ2n) is 8.25. The van der Waals surface area contributed by atoms with Gasteiger partial charge in [0.15, 0.2) is 0 Å². The minimum absolute atomic E-state index is 0.203. The van der Waals surface area contributed by atoms with Crippen molar-refractivity contribution in [1.82, 2.24) is 4.90 Å². The molecule has 0 bridgehead atoms. The average Bonchev–Trinajstić information content (AvgIpc) is 3.43. The van der Waals surface area contributed by atoms with E-state index in [4.69, 9.17) is 8.83 Å². The molecule has 0 spiro atoms. The Labute approximate surface area is 187 Å². The summed E-state index contributed by atoms with van der Waals surface area (Å²) in [5.74, 6) is -1.79. The van der Waals surface area contributed by atoms with Crippen LogP contribution in [0.25, 0.3) is 33.1 Å². The first-order chi connectivity index (χ1) is 15.8. The van der Waals surface area contributed by atoms with E-state index in [1.807, 2.05) is 6.07 Å². The number of benzene rings is 2. The Balaban J connectivity index is 1.58. The summed E-state index contributed by atoms with van der Waals surface area (Å²) in [6, 6.07) is 8.63. The van der Waals surface area contributed by atoms with E-state index >= 15 is 0 Å². The van der Waals surface area contributed by atoms with E-state index in [0.29, 0.717) is 41.5 Å². The SMILES string of the molecule is Cc1c(CC(=O)N2CCCC2C(=O)O)c(=O)oc2cc3occ(-c4ccc(F)cc4)c3cc12. The van der Waals surface area contributed by atoms with E-state index < -0.39 is 23.5 Å². The van der Waals surface area contributed by atoms with Crippen LogP contribution in [0.1, 0.15) is 24.0 Å². The number of carboxylic acid groups (broad SMARTS) is 1. The number of fused-ring (bicyclic) bond motifs is 2. The topological polar surface area (TPSA) is 101 Å². The van der Waals surface area contributed by atoms with E-state index in [9.17, 15) is 23.9 Å². The summed E-state index contributed by atoms with van der Waals surface area (Å²) in [4.78, 5) is 38.3. The van der Waals surface area contributed by atoms with Crippen LogP contribution in [0.15, 0.2) is 56.3 Å². The second-order valence-corrected chi connectivity index (χ2v) is 8.25. The summed E-state index contributed by atoms with van der Waals surface area (Å²) in [5, 5.41) is 10.8. The summed E-state index contributed by atoms with van der Waals surface area (Å²) < 4.78 is 24.5. The van der Waals surface area contributed by atoms with Gasteiger partial charge in [-0.15, -0.1) is 0 Å². The lowest BCUT2D eigenvalue weighted by atomic mass is 9.99. The zero-order valence-electron chi connectivity index (χ0n) is 17.8. The molecule has 1 atom stereocenters. The Kier molecular flexibility index (Phi) is 5.00. The number of carbonyl (C=O) groups is 2. The lowest BCUT2D eigenvalue weighted by molar-refractivity contribution is -0.148. The predicted octanol–water partition coefficient (Wildman–Crippen LogP) is 4.27. The van der Waals surface area contributed by atoms with Gasteiger partial charge < -0.3 is 18.8 Å². The van der Waals surface area contributed by atoms with Crippen molar-refractivity contribution in [2.45, 2.75) is 32.2 Å². The highest BCUT2D eigenvalue weighted by Crippen LogP contribution is 2.34. The lowest BCUT2D eigenvalue weighted by Crippen LogP contribution is -2.41. The third kappa shape index (κ3) is 3.57. The Hall–Kier alpha value is -3.94. The summed E-state index contributed by atoms with van der Waals surface area (Å²) in [6.45, 7) is 2.09. The maximum atomic E-state index is 13.3. The van der Waals surface area contributed by atoms with Gasteiger partial charge in [-0.25, -0.2) is 14.0 Å². The molecule has 33 heavy (non-hydrogen) atoms. The fourth-order valence-electron chi connectivity index (χ4n) is 4.54. The number of aliphatic carboxylic acids is 1. The van der Waals surface area contributed by atoms with Crippen molar-refractivity contribution in [3.8, 4) is 11.1 Å². The number of hydrogen-bond donors (Lipinski definition) is 1. The highest BCUT2D eigenvalue weighted by molar-refractivity contribution is 6.02. The largest absolute Gasteiger partial charge is 0.480 e. The number of furan rings is 1. The molecule has 5 rings (SSSR count). The van der Waals surface area contributed by atoms with Crippen LogP contribution in [0, 0.1) is 12.7 Å². The van der Waals surface area contributed by atoms with Crippen molar-refractivity contribution in [2.75, 3.05) is 6.54 Å². The molecule has 1 N–H and O–H groups in total. The first-order valence-electron chi connectivity index (χ1n) is 10.6. The molecule has 1 amide bonds. The van der Waals surface area contributed by atoms with Crippen LogP contribution in [0.2, 0.25) is 0 Å². The molecule has 4 aromatic rings. The summed E-state index contributed by atoms with van der Waals surface area (Å²) in [6.07, 6.45) is 2.34. The molecule has 7 nitrogen and oxygen atoms in total. The number of hydrogen-bond acceptors (Lipinski definition) is 5. The Bertz CT molecular complexity index is 1470. The summed E-state index contributed by atoms with van der Waals surface area (Å²) in [5.41, 5.74) is 2.53.